The van der Waals surface area contributed by atoms with Gasteiger partial charge < -0.3 is 10.8 Å². The Balaban J connectivity index is 0.000000185. The van der Waals surface area contributed by atoms with Gasteiger partial charge in [-0.15, -0.1) is 0 Å². The average Bonchev–Trinajstić information content (AvgIpc) is 2.63. The molecule has 0 saturated heterocycles. The highest BCUT2D eigenvalue weighted by molar-refractivity contribution is 6.30. The average molecular weight is 340 g/mol. The normalized spacial score (nSPS) is 9.96. The fraction of sp³-hybridized carbons (Fsp3) is 0.0500. The summed E-state index contributed by atoms with van der Waals surface area (Å²) in [5, 5.41) is 8.89. The third kappa shape index (κ3) is 5.23. The molecule has 122 valence electrons. The number of hydrogen-bond acceptors (Lipinski definition) is 2. The molecule has 0 bridgehead atoms. The minimum absolute atomic E-state index is 0.0163. The Morgan fingerprint density at radius 3 is 1.71 bits per heavy atom. The van der Waals surface area contributed by atoms with Gasteiger partial charge in [0.1, 0.15) is 0 Å². The predicted molar refractivity (Wildman–Crippen MR) is 97.3 cm³/mol. The predicted octanol–water partition coefficient (Wildman–Crippen LogP) is 4.77. The van der Waals surface area contributed by atoms with Crippen LogP contribution in [-0.2, 0) is 0 Å². The molecule has 0 aliphatic rings. The quantitative estimate of drug-likeness (QED) is 0.722. The van der Waals surface area contributed by atoms with Gasteiger partial charge in [-0.3, -0.25) is 0 Å². The largest absolute Gasteiger partial charge is 0.478 e. The van der Waals surface area contributed by atoms with Crippen molar-refractivity contribution in [3.8, 4) is 0 Å². The molecule has 0 fully saturated rings. The fourth-order valence-electron chi connectivity index (χ4n) is 2.13. The molecule has 3 nitrogen and oxygen atoms in total. The van der Waals surface area contributed by atoms with Crippen molar-refractivity contribution in [1.29, 1.82) is 0 Å². The van der Waals surface area contributed by atoms with Crippen molar-refractivity contribution in [3.05, 3.63) is 107 Å². The second kappa shape index (κ2) is 8.87. The molecule has 0 spiro atoms. The minimum atomic E-state index is -0.956. The molecule has 0 heterocycles. The third-order valence-corrected chi connectivity index (χ3v) is 3.62. The summed E-state index contributed by atoms with van der Waals surface area (Å²) >= 11 is 5.53. The van der Waals surface area contributed by atoms with E-state index >= 15 is 0 Å². The molecular formula is C20H18ClNO2. The van der Waals surface area contributed by atoms with Gasteiger partial charge in [-0.2, -0.15) is 0 Å². The molecule has 0 saturated carbocycles. The van der Waals surface area contributed by atoms with Crippen LogP contribution in [0.4, 0.5) is 0 Å². The van der Waals surface area contributed by atoms with Crippen molar-refractivity contribution in [1.82, 2.24) is 0 Å². The lowest BCUT2D eigenvalue weighted by atomic mass is 10.00. The van der Waals surface area contributed by atoms with E-state index in [1.165, 1.54) is 12.1 Å². The maximum atomic E-state index is 10.3. The summed E-state index contributed by atoms with van der Waals surface area (Å²) in [5.74, 6) is -0.956. The second-order valence-electron chi connectivity index (χ2n) is 5.11. The van der Waals surface area contributed by atoms with Gasteiger partial charge in [-0.25, -0.2) is 4.79 Å². The van der Waals surface area contributed by atoms with E-state index in [2.05, 4.69) is 24.3 Å². The van der Waals surface area contributed by atoms with Crippen LogP contribution in [0.25, 0.3) is 0 Å². The van der Waals surface area contributed by atoms with Crippen LogP contribution >= 0.6 is 11.6 Å². The number of halogens is 1. The number of hydrogen-bond donors (Lipinski definition) is 2. The summed E-state index contributed by atoms with van der Waals surface area (Å²) in [7, 11) is 0. The first-order valence-electron chi connectivity index (χ1n) is 7.42. The van der Waals surface area contributed by atoms with Crippen LogP contribution < -0.4 is 5.73 Å². The van der Waals surface area contributed by atoms with E-state index in [9.17, 15) is 4.79 Å². The fourth-order valence-corrected chi connectivity index (χ4v) is 2.32. The zero-order chi connectivity index (χ0) is 17.4. The number of carbonyl (C=O) groups is 1. The molecule has 3 rings (SSSR count). The van der Waals surface area contributed by atoms with Crippen molar-refractivity contribution in [2.24, 2.45) is 5.73 Å². The molecule has 0 unspecified atom stereocenters. The van der Waals surface area contributed by atoms with Gasteiger partial charge in [0.2, 0.25) is 0 Å². The molecule has 24 heavy (non-hydrogen) atoms. The highest BCUT2D eigenvalue weighted by Crippen LogP contribution is 2.18. The molecule has 0 aliphatic heterocycles. The number of benzene rings is 3. The molecule has 0 radical (unpaired) electrons. The lowest BCUT2D eigenvalue weighted by molar-refractivity contribution is 0.0697. The summed E-state index contributed by atoms with van der Waals surface area (Å²) in [6.07, 6.45) is 0. The smallest absolute Gasteiger partial charge is 0.335 e. The number of carboxylic acid groups (broad SMARTS) is 1. The van der Waals surface area contributed by atoms with E-state index in [0.29, 0.717) is 5.02 Å². The first-order chi connectivity index (χ1) is 11.6. The number of rotatable bonds is 3. The standard InChI is InChI=1S/C13H13N.C7H5ClO2/c14-13(11-7-3-1-4-8-11)12-9-5-2-6-10-12;8-6-3-1-2-5(4-6)7(9)10/h1-10,13H,14H2;1-4H,(H,9,10). The Morgan fingerprint density at radius 1 is 0.833 bits per heavy atom. The molecular weight excluding hydrogens is 322 g/mol. The first-order valence-corrected chi connectivity index (χ1v) is 7.80. The summed E-state index contributed by atoms with van der Waals surface area (Å²) in [4.78, 5) is 10.3. The Kier molecular flexibility index (Phi) is 6.55. The Morgan fingerprint density at radius 2 is 1.33 bits per heavy atom. The van der Waals surface area contributed by atoms with Gasteiger partial charge in [-0.05, 0) is 29.3 Å². The number of aromatic carboxylic acids is 1. The summed E-state index contributed by atoms with van der Waals surface area (Å²) in [6, 6.07) is 26.4. The Hall–Kier alpha value is -2.62. The van der Waals surface area contributed by atoms with Crippen molar-refractivity contribution < 1.29 is 9.90 Å². The van der Waals surface area contributed by atoms with Crippen LogP contribution in [0.2, 0.25) is 5.02 Å². The van der Waals surface area contributed by atoms with Gasteiger partial charge in [0, 0.05) is 5.02 Å². The van der Waals surface area contributed by atoms with Crippen molar-refractivity contribution >= 4 is 17.6 Å². The maximum absolute atomic E-state index is 10.3. The van der Waals surface area contributed by atoms with Crippen LogP contribution in [0, 0.1) is 0 Å². The monoisotopic (exact) mass is 339 g/mol. The Labute approximate surface area is 146 Å². The summed E-state index contributed by atoms with van der Waals surface area (Å²) in [6.45, 7) is 0. The molecule has 3 aromatic carbocycles. The van der Waals surface area contributed by atoms with Gasteiger partial charge >= 0.3 is 5.97 Å². The highest BCUT2D eigenvalue weighted by Gasteiger charge is 2.06. The van der Waals surface area contributed by atoms with E-state index in [1.807, 2.05) is 36.4 Å². The van der Waals surface area contributed by atoms with Crippen LogP contribution in [0.15, 0.2) is 84.9 Å². The van der Waals surface area contributed by atoms with Gasteiger partial charge in [0.05, 0.1) is 11.6 Å². The number of carboxylic acids is 1. The topological polar surface area (TPSA) is 63.3 Å². The summed E-state index contributed by atoms with van der Waals surface area (Å²) < 4.78 is 0. The molecule has 0 aliphatic carbocycles. The van der Waals surface area contributed by atoms with E-state index < -0.39 is 5.97 Å². The highest BCUT2D eigenvalue weighted by atomic mass is 35.5. The minimum Gasteiger partial charge on any atom is -0.478 e. The van der Waals surface area contributed by atoms with Gasteiger partial charge in [-0.1, -0.05) is 78.3 Å². The molecule has 0 aromatic heterocycles. The lowest BCUT2D eigenvalue weighted by Crippen LogP contribution is -2.11. The van der Waals surface area contributed by atoms with E-state index in [1.54, 1.807) is 12.1 Å². The molecule has 0 amide bonds. The van der Waals surface area contributed by atoms with Gasteiger partial charge in [0.25, 0.3) is 0 Å². The lowest BCUT2D eigenvalue weighted by Gasteiger charge is -2.11. The number of nitrogens with two attached hydrogens (primary N) is 1. The molecule has 3 N–H and O–H groups in total. The molecule has 0 atom stereocenters. The molecule has 4 heteroatoms. The SMILES string of the molecule is NC(c1ccccc1)c1ccccc1.O=C(O)c1cccc(Cl)c1. The first kappa shape index (κ1) is 17.7. The zero-order valence-electron chi connectivity index (χ0n) is 13.0. The van der Waals surface area contributed by atoms with Crippen LogP contribution in [0.5, 0.6) is 0 Å². The van der Waals surface area contributed by atoms with Crippen molar-refractivity contribution in [2.75, 3.05) is 0 Å². The second-order valence-corrected chi connectivity index (χ2v) is 5.55. The maximum Gasteiger partial charge on any atom is 0.335 e. The molecule has 3 aromatic rings. The van der Waals surface area contributed by atoms with Crippen LogP contribution in [0.1, 0.15) is 27.5 Å². The van der Waals surface area contributed by atoms with Crippen molar-refractivity contribution in [3.63, 3.8) is 0 Å². The Bertz CT molecular complexity index is 736. The van der Waals surface area contributed by atoms with Crippen LogP contribution in [0.3, 0.4) is 0 Å². The van der Waals surface area contributed by atoms with E-state index in [0.717, 1.165) is 11.1 Å². The third-order valence-electron chi connectivity index (χ3n) is 3.39. The van der Waals surface area contributed by atoms with Crippen LogP contribution in [-0.4, -0.2) is 11.1 Å². The van der Waals surface area contributed by atoms with E-state index in [-0.39, 0.29) is 11.6 Å². The van der Waals surface area contributed by atoms with Gasteiger partial charge in [0.15, 0.2) is 0 Å². The zero-order valence-corrected chi connectivity index (χ0v) is 13.7. The van der Waals surface area contributed by atoms with Crippen molar-refractivity contribution in [2.45, 2.75) is 6.04 Å². The summed E-state index contributed by atoms with van der Waals surface area (Å²) in [5.41, 5.74) is 8.63. The van der Waals surface area contributed by atoms with E-state index in [4.69, 9.17) is 22.4 Å².